The molecule has 1 saturated heterocycles. The van der Waals surface area contributed by atoms with Gasteiger partial charge in [-0.15, -0.1) is 0 Å². The van der Waals surface area contributed by atoms with Crippen molar-refractivity contribution in [3.05, 3.63) is 35.4 Å². The van der Waals surface area contributed by atoms with Crippen molar-refractivity contribution in [1.29, 1.82) is 0 Å². The molecule has 1 aromatic rings. The molecule has 1 N–H and O–H groups in total. The van der Waals surface area contributed by atoms with E-state index in [1.54, 1.807) is 7.11 Å². The molecule has 1 aromatic carbocycles. The van der Waals surface area contributed by atoms with Gasteiger partial charge in [0.05, 0.1) is 6.61 Å². The Bertz CT molecular complexity index is 394. The van der Waals surface area contributed by atoms with Crippen LogP contribution in [0.4, 0.5) is 0 Å². The van der Waals surface area contributed by atoms with E-state index in [1.165, 1.54) is 11.1 Å². The fraction of sp³-hybridized carbons (Fsp3) is 0.647. The predicted octanol–water partition coefficient (Wildman–Crippen LogP) is 2.78. The molecule has 0 aromatic heterocycles. The zero-order chi connectivity index (χ0) is 14.4. The van der Waals surface area contributed by atoms with Crippen molar-refractivity contribution >= 4 is 0 Å². The number of benzene rings is 1. The third-order valence-electron chi connectivity index (χ3n) is 3.94. The molecule has 112 valence electrons. The van der Waals surface area contributed by atoms with Crippen molar-refractivity contribution in [2.45, 2.75) is 38.8 Å². The lowest BCUT2D eigenvalue weighted by Gasteiger charge is -2.26. The highest BCUT2D eigenvalue weighted by molar-refractivity contribution is 5.22. The number of rotatable bonds is 7. The van der Waals surface area contributed by atoms with Crippen LogP contribution in [0.25, 0.3) is 0 Å². The van der Waals surface area contributed by atoms with Gasteiger partial charge in [-0.05, 0) is 23.5 Å². The molecular weight excluding hydrogens is 250 g/mol. The largest absolute Gasteiger partial charge is 0.378 e. The second-order valence-electron chi connectivity index (χ2n) is 6.21. The fourth-order valence-corrected chi connectivity index (χ4v) is 2.66. The Morgan fingerprint density at radius 2 is 1.95 bits per heavy atom. The summed E-state index contributed by atoms with van der Waals surface area (Å²) < 4.78 is 11.1. The molecule has 0 spiro atoms. The Morgan fingerprint density at radius 3 is 2.50 bits per heavy atom. The summed E-state index contributed by atoms with van der Waals surface area (Å²) in [4.78, 5) is 0. The van der Waals surface area contributed by atoms with Gasteiger partial charge in [-0.2, -0.15) is 0 Å². The molecular formula is C17H27NO2. The lowest BCUT2D eigenvalue weighted by atomic mass is 10.0. The van der Waals surface area contributed by atoms with Gasteiger partial charge in [0.1, 0.15) is 5.60 Å². The molecule has 1 aliphatic heterocycles. The SMILES string of the molecule is COC1(CNCc2ccc(CC(C)C)cc2)CCOC1. The van der Waals surface area contributed by atoms with Crippen LogP contribution in [0.5, 0.6) is 0 Å². The van der Waals surface area contributed by atoms with E-state index < -0.39 is 0 Å². The lowest BCUT2D eigenvalue weighted by molar-refractivity contribution is -0.0159. The van der Waals surface area contributed by atoms with Gasteiger partial charge in [0.25, 0.3) is 0 Å². The van der Waals surface area contributed by atoms with Gasteiger partial charge in [0.2, 0.25) is 0 Å². The summed E-state index contributed by atoms with van der Waals surface area (Å²) in [6, 6.07) is 8.91. The molecule has 0 radical (unpaired) electrons. The van der Waals surface area contributed by atoms with E-state index in [9.17, 15) is 0 Å². The van der Waals surface area contributed by atoms with Crippen LogP contribution in [0.3, 0.4) is 0 Å². The van der Waals surface area contributed by atoms with Gasteiger partial charge < -0.3 is 14.8 Å². The monoisotopic (exact) mass is 277 g/mol. The summed E-state index contributed by atoms with van der Waals surface area (Å²) in [6.07, 6.45) is 2.13. The van der Waals surface area contributed by atoms with Crippen molar-refractivity contribution in [2.75, 3.05) is 26.9 Å². The highest BCUT2D eigenvalue weighted by Crippen LogP contribution is 2.21. The molecule has 1 unspecified atom stereocenters. The van der Waals surface area contributed by atoms with Crippen molar-refractivity contribution < 1.29 is 9.47 Å². The van der Waals surface area contributed by atoms with Crippen LogP contribution in [-0.2, 0) is 22.4 Å². The topological polar surface area (TPSA) is 30.5 Å². The smallest absolute Gasteiger partial charge is 0.106 e. The number of hydrogen-bond acceptors (Lipinski definition) is 3. The molecule has 3 nitrogen and oxygen atoms in total. The fourth-order valence-electron chi connectivity index (χ4n) is 2.66. The van der Waals surface area contributed by atoms with Gasteiger partial charge in [-0.3, -0.25) is 0 Å². The summed E-state index contributed by atoms with van der Waals surface area (Å²) in [5.41, 5.74) is 2.61. The van der Waals surface area contributed by atoms with Crippen LogP contribution in [0.15, 0.2) is 24.3 Å². The van der Waals surface area contributed by atoms with Crippen LogP contribution >= 0.6 is 0 Å². The van der Waals surface area contributed by atoms with Crippen LogP contribution in [0.1, 0.15) is 31.4 Å². The third kappa shape index (κ3) is 4.30. The standard InChI is InChI=1S/C17H27NO2/c1-14(2)10-15-4-6-16(7-5-15)11-18-12-17(19-3)8-9-20-13-17/h4-7,14,18H,8-13H2,1-3H3. The molecule has 0 amide bonds. The Labute approximate surface area is 122 Å². The molecule has 0 aliphatic carbocycles. The van der Waals surface area contributed by atoms with Gasteiger partial charge >= 0.3 is 0 Å². The molecule has 2 rings (SSSR count). The number of ether oxygens (including phenoxy) is 2. The average Bonchev–Trinajstić information content (AvgIpc) is 2.90. The first-order valence-electron chi connectivity index (χ1n) is 7.55. The van der Waals surface area contributed by atoms with E-state index in [0.29, 0.717) is 12.5 Å². The van der Waals surface area contributed by atoms with Crippen LogP contribution in [-0.4, -0.2) is 32.5 Å². The molecule has 3 heteroatoms. The van der Waals surface area contributed by atoms with Crippen molar-refractivity contribution in [1.82, 2.24) is 5.32 Å². The summed E-state index contributed by atoms with van der Waals surface area (Å²) in [6.45, 7) is 7.74. The summed E-state index contributed by atoms with van der Waals surface area (Å²) >= 11 is 0. The quantitative estimate of drug-likeness (QED) is 0.831. The molecule has 0 bridgehead atoms. The maximum Gasteiger partial charge on any atom is 0.106 e. The normalized spacial score (nSPS) is 22.6. The Balaban J connectivity index is 1.79. The molecule has 1 aliphatic rings. The van der Waals surface area contributed by atoms with Crippen molar-refractivity contribution in [2.24, 2.45) is 5.92 Å². The second kappa shape index (κ2) is 7.21. The van der Waals surface area contributed by atoms with E-state index in [-0.39, 0.29) is 5.60 Å². The minimum absolute atomic E-state index is 0.127. The van der Waals surface area contributed by atoms with Crippen molar-refractivity contribution in [3.63, 3.8) is 0 Å². The van der Waals surface area contributed by atoms with E-state index in [1.807, 2.05) is 0 Å². The molecule has 20 heavy (non-hydrogen) atoms. The number of hydrogen-bond donors (Lipinski definition) is 1. The van der Waals surface area contributed by atoms with Crippen LogP contribution < -0.4 is 5.32 Å². The Morgan fingerprint density at radius 1 is 1.25 bits per heavy atom. The average molecular weight is 277 g/mol. The summed E-state index contributed by atoms with van der Waals surface area (Å²) in [5.74, 6) is 0.711. The minimum atomic E-state index is -0.127. The van der Waals surface area contributed by atoms with E-state index in [2.05, 4.69) is 43.4 Å². The van der Waals surface area contributed by atoms with E-state index in [4.69, 9.17) is 9.47 Å². The predicted molar refractivity (Wildman–Crippen MR) is 81.9 cm³/mol. The van der Waals surface area contributed by atoms with Gasteiger partial charge in [-0.1, -0.05) is 38.1 Å². The maximum absolute atomic E-state index is 5.61. The first kappa shape index (κ1) is 15.5. The zero-order valence-corrected chi connectivity index (χ0v) is 12.9. The summed E-state index contributed by atoms with van der Waals surface area (Å²) in [5, 5.41) is 3.49. The lowest BCUT2D eigenvalue weighted by Crippen LogP contribution is -2.42. The van der Waals surface area contributed by atoms with Gasteiger partial charge in [0, 0.05) is 33.2 Å². The van der Waals surface area contributed by atoms with Crippen LogP contribution in [0.2, 0.25) is 0 Å². The highest BCUT2D eigenvalue weighted by atomic mass is 16.5. The Hall–Kier alpha value is -0.900. The molecule has 1 heterocycles. The first-order valence-corrected chi connectivity index (χ1v) is 7.55. The summed E-state index contributed by atoms with van der Waals surface area (Å²) in [7, 11) is 1.77. The molecule has 0 saturated carbocycles. The third-order valence-corrected chi connectivity index (χ3v) is 3.94. The van der Waals surface area contributed by atoms with Crippen LogP contribution in [0, 0.1) is 5.92 Å². The molecule has 1 fully saturated rings. The van der Waals surface area contributed by atoms with Gasteiger partial charge in [0.15, 0.2) is 0 Å². The minimum Gasteiger partial charge on any atom is -0.378 e. The maximum atomic E-state index is 5.61. The first-order chi connectivity index (χ1) is 9.63. The van der Waals surface area contributed by atoms with E-state index >= 15 is 0 Å². The highest BCUT2D eigenvalue weighted by Gasteiger charge is 2.34. The van der Waals surface area contributed by atoms with E-state index in [0.717, 1.165) is 32.5 Å². The number of methoxy groups -OCH3 is 1. The molecule has 1 atom stereocenters. The number of nitrogens with one attached hydrogen (secondary N) is 1. The zero-order valence-electron chi connectivity index (χ0n) is 12.9. The second-order valence-corrected chi connectivity index (χ2v) is 6.21. The van der Waals surface area contributed by atoms with Gasteiger partial charge in [-0.25, -0.2) is 0 Å². The van der Waals surface area contributed by atoms with Crippen molar-refractivity contribution in [3.8, 4) is 0 Å². The Kier molecular flexibility index (Phi) is 5.58.